The van der Waals surface area contributed by atoms with Gasteiger partial charge in [-0.25, -0.2) is 4.79 Å². The van der Waals surface area contributed by atoms with Crippen LogP contribution in [0.4, 0.5) is 0 Å². The van der Waals surface area contributed by atoms with Crippen LogP contribution in [0.1, 0.15) is 28.2 Å². The van der Waals surface area contributed by atoms with Crippen LogP contribution < -0.4 is 0 Å². The Bertz CT molecular complexity index is 521. The summed E-state index contributed by atoms with van der Waals surface area (Å²) in [5.74, 6) is -0.504. The van der Waals surface area contributed by atoms with Crippen molar-refractivity contribution in [2.24, 2.45) is 0 Å². The van der Waals surface area contributed by atoms with Crippen molar-refractivity contribution in [3.8, 4) is 0 Å². The summed E-state index contributed by atoms with van der Waals surface area (Å²) in [5.41, 5.74) is 1.08. The topological polar surface area (TPSA) is 72.6 Å². The van der Waals surface area contributed by atoms with Crippen molar-refractivity contribution < 1.29 is 19.2 Å². The molecule has 1 aromatic carbocycles. The molecule has 0 aliphatic heterocycles. The summed E-state index contributed by atoms with van der Waals surface area (Å²) in [6, 6.07) is 11.4. The lowest BCUT2D eigenvalue weighted by atomic mass is 10.2. The Morgan fingerprint density at radius 2 is 2.11 bits per heavy atom. The highest BCUT2D eigenvalue weighted by molar-refractivity contribution is 5.85. The Labute approximate surface area is 110 Å². The molecular weight excluding hydrogens is 246 g/mol. The number of carboxylic acid groups (broad SMARTS) is 1. The van der Waals surface area contributed by atoms with Gasteiger partial charge in [0.25, 0.3) is 0 Å². The number of carbonyl (C=O) groups is 1. The van der Waals surface area contributed by atoms with E-state index in [9.17, 15) is 4.79 Å². The second kappa shape index (κ2) is 6.70. The molecule has 0 saturated carbocycles. The van der Waals surface area contributed by atoms with Gasteiger partial charge in [0.15, 0.2) is 5.69 Å². The fraction of sp³-hybridized carbons (Fsp3) is 0.286. The Morgan fingerprint density at radius 3 is 2.79 bits per heavy atom. The normalized spacial score (nSPS) is 10.5. The van der Waals surface area contributed by atoms with Crippen molar-refractivity contribution >= 4 is 5.97 Å². The van der Waals surface area contributed by atoms with E-state index < -0.39 is 5.97 Å². The van der Waals surface area contributed by atoms with Crippen LogP contribution in [0.5, 0.6) is 0 Å². The van der Waals surface area contributed by atoms with Crippen LogP contribution in [0.2, 0.25) is 0 Å². The second-order valence-electron chi connectivity index (χ2n) is 4.13. The van der Waals surface area contributed by atoms with E-state index in [0.717, 1.165) is 12.0 Å². The minimum atomic E-state index is -1.07. The predicted octanol–water partition coefficient (Wildman–Crippen LogP) is 2.52. The monoisotopic (exact) mass is 261 g/mol. The fourth-order valence-electron chi connectivity index (χ4n) is 1.64. The highest BCUT2D eigenvalue weighted by Gasteiger charge is 2.09. The zero-order chi connectivity index (χ0) is 13.5. The number of rotatable bonds is 7. The molecule has 0 bridgehead atoms. The molecule has 0 amide bonds. The van der Waals surface area contributed by atoms with Crippen molar-refractivity contribution in [3.63, 3.8) is 0 Å². The van der Waals surface area contributed by atoms with Crippen LogP contribution >= 0.6 is 0 Å². The number of hydrogen-bond donors (Lipinski definition) is 1. The summed E-state index contributed by atoms with van der Waals surface area (Å²) in [7, 11) is 0. The smallest absolute Gasteiger partial charge is 0.358 e. The van der Waals surface area contributed by atoms with E-state index in [-0.39, 0.29) is 5.69 Å². The lowest BCUT2D eigenvalue weighted by Crippen LogP contribution is -1.97. The maximum atomic E-state index is 10.6. The van der Waals surface area contributed by atoms with Gasteiger partial charge in [0.2, 0.25) is 0 Å². The first-order valence-electron chi connectivity index (χ1n) is 6.06. The number of aryl methyl sites for hydroxylation is 1. The highest BCUT2D eigenvalue weighted by Crippen LogP contribution is 2.07. The minimum absolute atomic E-state index is 0.0554. The Kier molecular flexibility index (Phi) is 4.69. The first kappa shape index (κ1) is 13.3. The zero-order valence-corrected chi connectivity index (χ0v) is 10.4. The molecule has 0 aliphatic rings. The average Bonchev–Trinajstić information content (AvgIpc) is 2.89. The van der Waals surface area contributed by atoms with Crippen LogP contribution in [0.15, 0.2) is 40.9 Å². The maximum absolute atomic E-state index is 10.6. The molecular formula is C14H15NO4. The lowest BCUT2D eigenvalue weighted by molar-refractivity contribution is 0.0685. The molecule has 0 fully saturated rings. The molecule has 19 heavy (non-hydrogen) atoms. The summed E-state index contributed by atoms with van der Waals surface area (Å²) in [6.07, 6.45) is 1.39. The van der Waals surface area contributed by atoms with Gasteiger partial charge >= 0.3 is 5.97 Å². The van der Waals surface area contributed by atoms with E-state index in [2.05, 4.69) is 5.16 Å². The maximum Gasteiger partial charge on any atom is 0.358 e. The van der Waals surface area contributed by atoms with Crippen LogP contribution in [0.3, 0.4) is 0 Å². The lowest BCUT2D eigenvalue weighted by Gasteiger charge is -2.02. The van der Waals surface area contributed by atoms with Crippen LogP contribution in [-0.2, 0) is 17.8 Å². The molecule has 0 atom stereocenters. The Morgan fingerprint density at radius 1 is 1.32 bits per heavy atom. The van der Waals surface area contributed by atoms with Gasteiger partial charge < -0.3 is 14.4 Å². The molecule has 5 heteroatoms. The minimum Gasteiger partial charge on any atom is -0.476 e. The van der Waals surface area contributed by atoms with Crippen molar-refractivity contribution in [1.29, 1.82) is 0 Å². The third-order valence-corrected chi connectivity index (χ3v) is 2.60. The van der Waals surface area contributed by atoms with Gasteiger partial charge in [-0.05, 0) is 12.0 Å². The van der Waals surface area contributed by atoms with Gasteiger partial charge in [-0.2, -0.15) is 0 Å². The zero-order valence-electron chi connectivity index (χ0n) is 10.4. The number of hydrogen-bond acceptors (Lipinski definition) is 4. The Balaban J connectivity index is 1.65. The van der Waals surface area contributed by atoms with E-state index >= 15 is 0 Å². The molecule has 5 nitrogen and oxygen atoms in total. The van der Waals surface area contributed by atoms with E-state index in [4.69, 9.17) is 14.4 Å². The Hall–Kier alpha value is -2.14. The molecule has 0 radical (unpaired) electrons. The van der Waals surface area contributed by atoms with E-state index in [0.29, 0.717) is 25.4 Å². The number of benzene rings is 1. The number of aromatic carboxylic acids is 1. The fourth-order valence-corrected chi connectivity index (χ4v) is 1.64. The highest BCUT2D eigenvalue weighted by atomic mass is 16.5. The largest absolute Gasteiger partial charge is 0.476 e. The molecule has 1 aromatic heterocycles. The molecule has 100 valence electrons. The van der Waals surface area contributed by atoms with Crippen molar-refractivity contribution in [2.45, 2.75) is 19.4 Å². The molecule has 2 rings (SSSR count). The summed E-state index contributed by atoms with van der Waals surface area (Å²) in [4.78, 5) is 10.6. The SMILES string of the molecule is O=C(O)c1cc(CCCOCc2ccccc2)on1. The first-order chi connectivity index (χ1) is 9.25. The molecule has 0 spiro atoms. The standard InChI is InChI=1S/C14H15NO4/c16-14(17)13-9-12(19-15-13)7-4-8-18-10-11-5-2-1-3-6-11/h1-3,5-6,9H,4,7-8,10H2,(H,16,17). The second-order valence-corrected chi connectivity index (χ2v) is 4.13. The van der Waals surface area contributed by atoms with Crippen molar-refractivity contribution in [1.82, 2.24) is 5.16 Å². The van der Waals surface area contributed by atoms with Gasteiger partial charge in [0.1, 0.15) is 5.76 Å². The quantitative estimate of drug-likeness (QED) is 0.775. The third kappa shape index (κ3) is 4.22. The van der Waals surface area contributed by atoms with E-state index in [1.807, 2.05) is 30.3 Å². The average molecular weight is 261 g/mol. The van der Waals surface area contributed by atoms with Gasteiger partial charge in [-0.3, -0.25) is 0 Å². The van der Waals surface area contributed by atoms with E-state index in [1.54, 1.807) is 0 Å². The number of ether oxygens (including phenoxy) is 1. The van der Waals surface area contributed by atoms with Gasteiger partial charge in [-0.15, -0.1) is 0 Å². The van der Waals surface area contributed by atoms with Gasteiger partial charge in [0, 0.05) is 19.1 Å². The molecule has 1 heterocycles. The number of aromatic nitrogens is 1. The first-order valence-corrected chi connectivity index (χ1v) is 6.06. The number of carboxylic acids is 1. The molecule has 0 aliphatic carbocycles. The molecule has 0 saturated heterocycles. The third-order valence-electron chi connectivity index (χ3n) is 2.60. The van der Waals surface area contributed by atoms with Crippen LogP contribution in [0.25, 0.3) is 0 Å². The summed E-state index contributed by atoms with van der Waals surface area (Å²) < 4.78 is 10.4. The van der Waals surface area contributed by atoms with Crippen LogP contribution in [0, 0.1) is 0 Å². The molecule has 1 N–H and O–H groups in total. The summed E-state index contributed by atoms with van der Waals surface area (Å²) in [6.45, 7) is 1.18. The predicted molar refractivity (Wildman–Crippen MR) is 67.9 cm³/mol. The number of nitrogens with zero attached hydrogens (tertiary/aromatic N) is 1. The van der Waals surface area contributed by atoms with Crippen molar-refractivity contribution in [2.75, 3.05) is 6.61 Å². The van der Waals surface area contributed by atoms with E-state index in [1.165, 1.54) is 6.07 Å². The van der Waals surface area contributed by atoms with Crippen molar-refractivity contribution in [3.05, 3.63) is 53.4 Å². The van der Waals surface area contributed by atoms with Crippen LogP contribution in [-0.4, -0.2) is 22.8 Å². The summed E-state index contributed by atoms with van der Waals surface area (Å²) >= 11 is 0. The summed E-state index contributed by atoms with van der Waals surface area (Å²) in [5, 5.41) is 12.1. The van der Waals surface area contributed by atoms with Gasteiger partial charge in [-0.1, -0.05) is 35.5 Å². The van der Waals surface area contributed by atoms with Gasteiger partial charge in [0.05, 0.1) is 6.61 Å². The molecule has 0 unspecified atom stereocenters. The molecule has 2 aromatic rings.